The second-order valence-corrected chi connectivity index (χ2v) is 7.84. The van der Waals surface area contributed by atoms with Gasteiger partial charge in [-0.05, 0) is 48.4 Å². The first kappa shape index (κ1) is 21.6. The number of aryl methyl sites for hydroxylation is 1. The Kier molecular flexibility index (Phi) is 6.31. The summed E-state index contributed by atoms with van der Waals surface area (Å²) in [6.07, 6.45) is 0. The maximum absolute atomic E-state index is 13.5. The molecule has 2 unspecified atom stereocenters. The van der Waals surface area contributed by atoms with Crippen molar-refractivity contribution in [2.45, 2.75) is 13.0 Å². The van der Waals surface area contributed by atoms with Crippen molar-refractivity contribution in [1.82, 2.24) is 4.90 Å². The molecule has 1 N–H and O–H groups in total. The number of amides is 1. The number of Topliss-reactive ketones (excluding diaryl/α,β-unsaturated/α-hetero) is 2. The van der Waals surface area contributed by atoms with Gasteiger partial charge in [0.1, 0.15) is 17.5 Å². The quantitative estimate of drug-likeness (QED) is 0.421. The van der Waals surface area contributed by atoms with Crippen LogP contribution in [0.1, 0.15) is 27.5 Å². The smallest absolute Gasteiger partial charge is 0.291 e. The monoisotopic (exact) mass is 413 g/mol. The number of methoxy groups -OCH3 is 1. The minimum Gasteiger partial charge on any atom is -0.497 e. The Morgan fingerprint density at radius 3 is 2.37 bits per heavy atom. The molecule has 1 saturated heterocycles. The minimum atomic E-state index is -1.17. The summed E-state index contributed by atoms with van der Waals surface area (Å²) in [5, 5.41) is 0. The molecule has 7 heteroatoms. The number of likely N-dealkylation sites (tertiary alicyclic amines) is 1. The number of carbonyl (C=O) groups is 3. The van der Waals surface area contributed by atoms with E-state index >= 15 is 0 Å². The van der Waals surface area contributed by atoms with E-state index in [1.54, 1.807) is 25.1 Å². The lowest BCUT2D eigenvalue weighted by Gasteiger charge is -2.27. The summed E-state index contributed by atoms with van der Waals surface area (Å²) in [5.41, 5.74) is 1.59. The molecule has 3 rings (SSSR count). The van der Waals surface area contributed by atoms with Crippen LogP contribution in [0.15, 0.2) is 42.5 Å². The van der Waals surface area contributed by atoms with Gasteiger partial charge in [0.25, 0.3) is 5.91 Å². The Morgan fingerprint density at radius 2 is 1.80 bits per heavy atom. The van der Waals surface area contributed by atoms with Crippen molar-refractivity contribution in [3.05, 3.63) is 65.0 Å². The normalized spacial score (nSPS) is 18.9. The second-order valence-electron chi connectivity index (χ2n) is 7.84. The fourth-order valence-electron chi connectivity index (χ4n) is 3.81. The molecule has 1 amide bonds. The molecule has 1 fully saturated rings. The topological polar surface area (TPSA) is 68.1 Å². The van der Waals surface area contributed by atoms with Gasteiger partial charge in [0.2, 0.25) is 5.78 Å². The zero-order valence-electron chi connectivity index (χ0n) is 17.6. The number of likely N-dealkylation sites (N-methyl/N-ethyl adjacent to an activating group) is 1. The van der Waals surface area contributed by atoms with Crippen molar-refractivity contribution in [3.63, 3.8) is 0 Å². The van der Waals surface area contributed by atoms with Gasteiger partial charge in [0.15, 0.2) is 5.78 Å². The lowest BCUT2D eigenvalue weighted by molar-refractivity contribution is -0.857. The molecule has 1 aliphatic heterocycles. The second kappa shape index (κ2) is 8.75. The first-order valence-electron chi connectivity index (χ1n) is 9.82. The fourth-order valence-corrected chi connectivity index (χ4v) is 3.81. The number of hydrogen-bond donors (Lipinski definition) is 1. The third-order valence-corrected chi connectivity index (χ3v) is 5.45. The van der Waals surface area contributed by atoms with Gasteiger partial charge in [-0.2, -0.15) is 0 Å². The summed E-state index contributed by atoms with van der Waals surface area (Å²) in [6.45, 7) is 2.69. The van der Waals surface area contributed by atoms with E-state index < -0.39 is 35.3 Å². The third kappa shape index (κ3) is 4.11. The van der Waals surface area contributed by atoms with E-state index in [0.717, 1.165) is 4.90 Å². The number of nitrogens with one attached hydrogen (secondary N) is 1. The highest BCUT2D eigenvalue weighted by molar-refractivity contribution is 6.44. The van der Waals surface area contributed by atoms with Crippen LogP contribution in [0.2, 0.25) is 0 Å². The summed E-state index contributed by atoms with van der Waals surface area (Å²) < 4.78 is 18.7. The molecule has 0 aromatic heterocycles. The molecule has 1 heterocycles. The van der Waals surface area contributed by atoms with E-state index in [0.29, 0.717) is 35.5 Å². The van der Waals surface area contributed by atoms with E-state index in [2.05, 4.69) is 0 Å². The van der Waals surface area contributed by atoms with Crippen LogP contribution in [0.25, 0.3) is 0 Å². The highest BCUT2D eigenvalue weighted by Crippen LogP contribution is 2.38. The summed E-state index contributed by atoms with van der Waals surface area (Å²) in [6, 6.07) is 9.83. The number of benzene rings is 2. The van der Waals surface area contributed by atoms with Gasteiger partial charge in [0, 0.05) is 5.56 Å². The predicted molar refractivity (Wildman–Crippen MR) is 109 cm³/mol. The lowest BCUT2D eigenvalue weighted by atomic mass is 9.85. The first-order chi connectivity index (χ1) is 14.2. The number of ether oxygens (including phenoxy) is 1. The number of ketones is 2. The van der Waals surface area contributed by atoms with Gasteiger partial charge < -0.3 is 14.5 Å². The highest BCUT2D eigenvalue weighted by Gasteiger charge is 2.51. The standard InChI is InChI=1S/C23H25FN2O4/c1-14-13-17(30-4)9-10-18(14)21(27)19-20(15-5-7-16(24)8-6-15)26(12-11-25(2)3)23(29)22(19)28/h5-10,13,19-20H,11-12H2,1-4H3/p+1. The average molecular weight is 413 g/mol. The van der Waals surface area contributed by atoms with Gasteiger partial charge in [0.05, 0.1) is 40.3 Å². The molecule has 2 atom stereocenters. The highest BCUT2D eigenvalue weighted by atomic mass is 19.1. The van der Waals surface area contributed by atoms with Crippen molar-refractivity contribution < 1.29 is 28.4 Å². The SMILES string of the molecule is COc1ccc(C(=O)C2C(=O)C(=O)N(CC[NH+](C)C)C2c2ccc(F)cc2)c(C)c1. The van der Waals surface area contributed by atoms with Gasteiger partial charge in [-0.3, -0.25) is 14.4 Å². The molecular weight excluding hydrogens is 387 g/mol. The zero-order valence-corrected chi connectivity index (χ0v) is 17.6. The van der Waals surface area contributed by atoms with Gasteiger partial charge in [-0.1, -0.05) is 12.1 Å². The molecule has 0 bridgehead atoms. The molecule has 0 spiro atoms. The third-order valence-electron chi connectivity index (χ3n) is 5.45. The van der Waals surface area contributed by atoms with Crippen molar-refractivity contribution >= 4 is 17.5 Å². The Hall–Kier alpha value is -3.06. The number of rotatable bonds is 7. The van der Waals surface area contributed by atoms with Crippen LogP contribution < -0.4 is 9.64 Å². The molecule has 0 aliphatic carbocycles. The molecule has 6 nitrogen and oxygen atoms in total. The van der Waals surface area contributed by atoms with Crippen molar-refractivity contribution in [3.8, 4) is 5.75 Å². The zero-order chi connectivity index (χ0) is 22.0. The van der Waals surface area contributed by atoms with Gasteiger partial charge >= 0.3 is 0 Å². The maximum atomic E-state index is 13.5. The van der Waals surface area contributed by atoms with E-state index in [1.165, 1.54) is 36.3 Å². The molecule has 0 saturated carbocycles. The molecule has 0 radical (unpaired) electrons. The number of halogens is 1. The predicted octanol–water partition coefficient (Wildman–Crippen LogP) is 1.24. The number of quaternary nitrogens is 1. The number of carbonyl (C=O) groups excluding carboxylic acids is 3. The molecule has 2 aromatic carbocycles. The minimum absolute atomic E-state index is 0.320. The fraction of sp³-hybridized carbons (Fsp3) is 0.348. The van der Waals surface area contributed by atoms with Crippen LogP contribution in [0, 0.1) is 18.7 Å². The van der Waals surface area contributed by atoms with Crippen LogP contribution in [0.3, 0.4) is 0 Å². The van der Waals surface area contributed by atoms with Crippen molar-refractivity contribution in [2.24, 2.45) is 5.92 Å². The number of nitrogens with zero attached hydrogens (tertiary/aromatic N) is 1. The molecular formula is C23H26FN2O4+. The van der Waals surface area contributed by atoms with E-state index in [9.17, 15) is 18.8 Å². The summed E-state index contributed by atoms with van der Waals surface area (Å²) in [5.74, 6) is -2.81. The van der Waals surface area contributed by atoms with Gasteiger partial charge in [-0.25, -0.2) is 4.39 Å². The molecule has 2 aromatic rings. The maximum Gasteiger partial charge on any atom is 0.291 e. The summed E-state index contributed by atoms with van der Waals surface area (Å²) in [7, 11) is 5.42. The Morgan fingerprint density at radius 1 is 1.13 bits per heavy atom. The molecule has 30 heavy (non-hydrogen) atoms. The Balaban J connectivity index is 2.05. The number of hydrogen-bond acceptors (Lipinski definition) is 4. The van der Waals surface area contributed by atoms with E-state index in [-0.39, 0.29) is 0 Å². The molecule has 158 valence electrons. The lowest BCUT2D eigenvalue weighted by Crippen LogP contribution is -3.06. The van der Waals surface area contributed by atoms with Gasteiger partial charge in [-0.15, -0.1) is 0 Å². The van der Waals surface area contributed by atoms with E-state index in [4.69, 9.17) is 4.74 Å². The van der Waals surface area contributed by atoms with Crippen LogP contribution in [0.5, 0.6) is 5.75 Å². The van der Waals surface area contributed by atoms with Crippen LogP contribution in [-0.2, 0) is 9.59 Å². The summed E-state index contributed by atoms with van der Waals surface area (Å²) in [4.78, 5) is 41.8. The Bertz CT molecular complexity index is 972. The van der Waals surface area contributed by atoms with Crippen LogP contribution >= 0.6 is 0 Å². The first-order valence-corrected chi connectivity index (χ1v) is 9.82. The average Bonchev–Trinajstić information content (AvgIpc) is 2.96. The van der Waals surface area contributed by atoms with E-state index in [1.807, 2.05) is 14.1 Å². The Labute approximate surface area is 175 Å². The van der Waals surface area contributed by atoms with Crippen LogP contribution in [0.4, 0.5) is 4.39 Å². The largest absolute Gasteiger partial charge is 0.497 e. The van der Waals surface area contributed by atoms with Crippen molar-refractivity contribution in [2.75, 3.05) is 34.3 Å². The molecule has 1 aliphatic rings. The van der Waals surface area contributed by atoms with Crippen LogP contribution in [-0.4, -0.2) is 56.7 Å². The van der Waals surface area contributed by atoms with Crippen molar-refractivity contribution in [1.29, 1.82) is 0 Å². The summed E-state index contributed by atoms with van der Waals surface area (Å²) >= 11 is 0.